The number of hydrogen-bond donors (Lipinski definition) is 2. The standard InChI is InChI=1S/C16H26N2O4.ClH/c1-20-13(11-17)10-16(19)18-8-4-5-12-6-7-14(21-2)15(9-12)22-3;/h6-7,9,13H,4-5,8,10-11,17H2,1-3H3,(H,18,19);1H. The van der Waals surface area contributed by atoms with E-state index in [-0.39, 0.29) is 24.4 Å². The molecule has 0 saturated heterocycles. The third-order valence-electron chi connectivity index (χ3n) is 3.42. The minimum absolute atomic E-state index is 0. The van der Waals surface area contributed by atoms with Crippen LogP contribution in [0.15, 0.2) is 18.2 Å². The summed E-state index contributed by atoms with van der Waals surface area (Å²) in [6.07, 6.45) is 1.78. The van der Waals surface area contributed by atoms with E-state index in [1.165, 1.54) is 0 Å². The minimum atomic E-state index is -0.217. The second kappa shape index (κ2) is 12.0. The van der Waals surface area contributed by atoms with Crippen LogP contribution in [0.5, 0.6) is 11.5 Å². The third kappa shape index (κ3) is 7.54. The average molecular weight is 347 g/mol. The minimum Gasteiger partial charge on any atom is -0.493 e. The summed E-state index contributed by atoms with van der Waals surface area (Å²) in [5.74, 6) is 1.39. The van der Waals surface area contributed by atoms with Crippen molar-refractivity contribution in [3.05, 3.63) is 23.8 Å². The molecule has 0 aromatic heterocycles. The Morgan fingerprint density at radius 1 is 1.22 bits per heavy atom. The van der Waals surface area contributed by atoms with E-state index in [1.807, 2.05) is 18.2 Å². The van der Waals surface area contributed by atoms with Gasteiger partial charge in [-0.15, -0.1) is 12.4 Å². The first-order chi connectivity index (χ1) is 10.6. The average Bonchev–Trinajstić information content (AvgIpc) is 2.56. The summed E-state index contributed by atoms with van der Waals surface area (Å²) in [5.41, 5.74) is 6.63. The van der Waals surface area contributed by atoms with Crippen LogP contribution in [-0.4, -0.2) is 46.4 Å². The quantitative estimate of drug-likeness (QED) is 0.628. The molecule has 1 atom stereocenters. The number of halogens is 1. The highest BCUT2D eigenvalue weighted by atomic mass is 35.5. The lowest BCUT2D eigenvalue weighted by atomic mass is 10.1. The van der Waals surface area contributed by atoms with Gasteiger partial charge in [0.05, 0.1) is 26.7 Å². The summed E-state index contributed by atoms with van der Waals surface area (Å²) in [7, 11) is 4.79. The number of nitrogens with one attached hydrogen (secondary N) is 1. The predicted molar refractivity (Wildman–Crippen MR) is 92.6 cm³/mol. The summed E-state index contributed by atoms with van der Waals surface area (Å²) < 4.78 is 15.6. The van der Waals surface area contributed by atoms with Crippen LogP contribution in [0.2, 0.25) is 0 Å². The molecule has 0 aliphatic rings. The van der Waals surface area contributed by atoms with E-state index in [0.717, 1.165) is 24.2 Å². The zero-order valence-electron chi connectivity index (χ0n) is 14.0. The highest BCUT2D eigenvalue weighted by Gasteiger charge is 2.10. The van der Waals surface area contributed by atoms with Crippen molar-refractivity contribution in [3.8, 4) is 11.5 Å². The molecule has 1 aromatic rings. The zero-order chi connectivity index (χ0) is 16.4. The smallest absolute Gasteiger partial charge is 0.222 e. The Labute approximate surface area is 144 Å². The molecule has 0 heterocycles. The van der Waals surface area contributed by atoms with Gasteiger partial charge in [0.15, 0.2) is 11.5 Å². The van der Waals surface area contributed by atoms with Crippen LogP contribution < -0.4 is 20.5 Å². The van der Waals surface area contributed by atoms with Gasteiger partial charge in [-0.3, -0.25) is 4.79 Å². The number of amides is 1. The van der Waals surface area contributed by atoms with Gasteiger partial charge in [0.1, 0.15) is 0 Å². The van der Waals surface area contributed by atoms with Gasteiger partial charge >= 0.3 is 0 Å². The highest BCUT2D eigenvalue weighted by Crippen LogP contribution is 2.27. The number of ether oxygens (including phenoxy) is 3. The van der Waals surface area contributed by atoms with Crippen molar-refractivity contribution in [2.75, 3.05) is 34.4 Å². The molecule has 0 bridgehead atoms. The fourth-order valence-electron chi connectivity index (χ4n) is 2.10. The van der Waals surface area contributed by atoms with Gasteiger partial charge in [-0.25, -0.2) is 0 Å². The first-order valence-corrected chi connectivity index (χ1v) is 7.35. The van der Waals surface area contributed by atoms with Crippen molar-refractivity contribution in [2.45, 2.75) is 25.4 Å². The van der Waals surface area contributed by atoms with Crippen molar-refractivity contribution in [1.29, 1.82) is 0 Å². The third-order valence-corrected chi connectivity index (χ3v) is 3.42. The number of rotatable bonds is 10. The summed E-state index contributed by atoms with van der Waals surface area (Å²) >= 11 is 0. The Morgan fingerprint density at radius 2 is 1.91 bits per heavy atom. The Kier molecular flexibility index (Phi) is 11.2. The van der Waals surface area contributed by atoms with E-state index in [4.69, 9.17) is 19.9 Å². The summed E-state index contributed by atoms with van der Waals surface area (Å²) in [6.45, 7) is 0.962. The Morgan fingerprint density at radius 3 is 2.48 bits per heavy atom. The Bertz CT molecular complexity index is 467. The van der Waals surface area contributed by atoms with Crippen molar-refractivity contribution < 1.29 is 19.0 Å². The van der Waals surface area contributed by atoms with E-state index in [1.54, 1.807) is 21.3 Å². The number of hydrogen-bond acceptors (Lipinski definition) is 5. The van der Waals surface area contributed by atoms with Crippen molar-refractivity contribution in [1.82, 2.24) is 5.32 Å². The van der Waals surface area contributed by atoms with Gasteiger partial charge in [-0.2, -0.15) is 0 Å². The van der Waals surface area contributed by atoms with Gasteiger partial charge in [0.2, 0.25) is 5.91 Å². The second-order valence-electron chi connectivity index (χ2n) is 4.94. The lowest BCUT2D eigenvalue weighted by Gasteiger charge is -2.13. The zero-order valence-corrected chi connectivity index (χ0v) is 14.8. The van der Waals surface area contributed by atoms with Gasteiger partial charge < -0.3 is 25.3 Å². The molecule has 6 nitrogen and oxygen atoms in total. The first-order valence-electron chi connectivity index (χ1n) is 7.35. The molecular weight excluding hydrogens is 320 g/mol. The van der Waals surface area contributed by atoms with E-state index in [9.17, 15) is 4.79 Å². The van der Waals surface area contributed by atoms with Crippen LogP contribution in [0, 0.1) is 0 Å². The van der Waals surface area contributed by atoms with Crippen molar-refractivity contribution in [3.63, 3.8) is 0 Å². The molecule has 7 heteroatoms. The number of carbonyl (C=O) groups is 1. The molecule has 0 spiro atoms. The number of aryl methyl sites for hydroxylation is 1. The number of nitrogens with two attached hydrogens (primary N) is 1. The van der Waals surface area contributed by atoms with Gasteiger partial charge in [0, 0.05) is 20.2 Å². The van der Waals surface area contributed by atoms with Crippen LogP contribution in [0.25, 0.3) is 0 Å². The van der Waals surface area contributed by atoms with Crippen LogP contribution in [0.3, 0.4) is 0 Å². The largest absolute Gasteiger partial charge is 0.493 e. The summed E-state index contributed by atoms with van der Waals surface area (Å²) in [6, 6.07) is 5.84. The number of benzene rings is 1. The van der Waals surface area contributed by atoms with E-state index >= 15 is 0 Å². The monoisotopic (exact) mass is 346 g/mol. The molecule has 1 amide bonds. The molecular formula is C16H27ClN2O4. The van der Waals surface area contributed by atoms with Crippen LogP contribution in [-0.2, 0) is 16.0 Å². The van der Waals surface area contributed by atoms with E-state index < -0.39 is 0 Å². The normalized spacial score (nSPS) is 11.3. The molecule has 3 N–H and O–H groups in total. The summed E-state index contributed by atoms with van der Waals surface area (Å²) in [4.78, 5) is 11.7. The lowest BCUT2D eigenvalue weighted by Crippen LogP contribution is -2.32. The maximum atomic E-state index is 11.7. The fourth-order valence-corrected chi connectivity index (χ4v) is 2.10. The molecule has 0 saturated carbocycles. The van der Waals surface area contributed by atoms with Crippen LogP contribution in [0.4, 0.5) is 0 Å². The maximum Gasteiger partial charge on any atom is 0.222 e. The molecule has 132 valence electrons. The van der Waals surface area contributed by atoms with Gasteiger partial charge in [-0.1, -0.05) is 6.07 Å². The van der Waals surface area contributed by atoms with Crippen LogP contribution in [0.1, 0.15) is 18.4 Å². The Hall–Kier alpha value is -1.50. The van der Waals surface area contributed by atoms with Gasteiger partial charge in [0.25, 0.3) is 0 Å². The Balaban J connectivity index is 0.00000484. The van der Waals surface area contributed by atoms with Gasteiger partial charge in [-0.05, 0) is 30.5 Å². The predicted octanol–water partition coefficient (Wildman–Crippen LogP) is 1.54. The summed E-state index contributed by atoms with van der Waals surface area (Å²) in [5, 5.41) is 2.87. The molecule has 1 unspecified atom stereocenters. The lowest BCUT2D eigenvalue weighted by molar-refractivity contribution is -0.123. The van der Waals surface area contributed by atoms with E-state index in [0.29, 0.717) is 25.3 Å². The maximum absolute atomic E-state index is 11.7. The number of methoxy groups -OCH3 is 3. The second-order valence-corrected chi connectivity index (χ2v) is 4.94. The molecule has 0 fully saturated rings. The molecule has 1 rings (SSSR count). The highest BCUT2D eigenvalue weighted by molar-refractivity contribution is 5.85. The van der Waals surface area contributed by atoms with E-state index in [2.05, 4.69) is 5.32 Å². The fraction of sp³-hybridized carbons (Fsp3) is 0.562. The molecule has 0 aliphatic carbocycles. The van der Waals surface area contributed by atoms with Crippen LogP contribution >= 0.6 is 12.4 Å². The first kappa shape index (κ1) is 21.5. The SMILES string of the molecule is COc1ccc(CCCNC(=O)CC(CN)OC)cc1OC.Cl. The van der Waals surface area contributed by atoms with Crippen molar-refractivity contribution >= 4 is 18.3 Å². The molecule has 0 aliphatic heterocycles. The topological polar surface area (TPSA) is 82.8 Å². The number of carbonyl (C=O) groups excluding carboxylic acids is 1. The molecule has 1 aromatic carbocycles. The molecule has 23 heavy (non-hydrogen) atoms. The molecule has 0 radical (unpaired) electrons. The van der Waals surface area contributed by atoms with Crippen molar-refractivity contribution in [2.24, 2.45) is 5.73 Å².